The lowest BCUT2D eigenvalue weighted by Crippen LogP contribution is -2.38. The van der Waals surface area contributed by atoms with Crippen LogP contribution in [0.3, 0.4) is 0 Å². The molecule has 0 saturated carbocycles. The Morgan fingerprint density at radius 2 is 1.93 bits per heavy atom. The Morgan fingerprint density at radius 3 is 2.57 bits per heavy atom. The van der Waals surface area contributed by atoms with Gasteiger partial charge in [-0.3, -0.25) is 4.79 Å². The summed E-state index contributed by atoms with van der Waals surface area (Å²) >= 11 is 1.43. The molecule has 0 bridgehead atoms. The second-order valence-corrected chi connectivity index (χ2v) is 8.24. The highest BCUT2D eigenvalue weighted by molar-refractivity contribution is 7.15. The van der Waals surface area contributed by atoms with Gasteiger partial charge in [0.25, 0.3) is 0 Å². The number of halogens is 4. The second-order valence-electron chi connectivity index (χ2n) is 7.06. The van der Waals surface area contributed by atoms with Gasteiger partial charge in [0.15, 0.2) is 16.6 Å². The predicted molar refractivity (Wildman–Crippen MR) is 105 cm³/mol. The minimum Gasteiger partial charge on any atom is -0.490 e. The van der Waals surface area contributed by atoms with Crippen LogP contribution in [0.25, 0.3) is 0 Å². The molecule has 5 nitrogen and oxygen atoms in total. The van der Waals surface area contributed by atoms with E-state index in [4.69, 9.17) is 9.47 Å². The predicted octanol–water partition coefficient (Wildman–Crippen LogP) is 4.92. The molecule has 2 heterocycles. The standard InChI is InChI=1S/C20H22F4N2O3S/c1-12-15(8-11-28-16-4-3-5-17(18(16)21)29-13(2)27)25-19(30-12)26-9-6-14(7-10-26)20(22,23)24/h3-5,14H,6-11H2,1-2H3. The maximum atomic E-state index is 14.3. The number of hydrogen-bond donors (Lipinski definition) is 0. The van der Waals surface area contributed by atoms with E-state index in [1.807, 2.05) is 11.8 Å². The second kappa shape index (κ2) is 9.20. The highest BCUT2D eigenvalue weighted by Crippen LogP contribution is 2.36. The van der Waals surface area contributed by atoms with Crippen molar-refractivity contribution in [2.75, 3.05) is 24.6 Å². The lowest BCUT2D eigenvalue weighted by molar-refractivity contribution is -0.179. The van der Waals surface area contributed by atoms with Crippen LogP contribution < -0.4 is 14.4 Å². The molecular formula is C20H22F4N2O3S. The number of piperidine rings is 1. The van der Waals surface area contributed by atoms with E-state index >= 15 is 0 Å². The van der Waals surface area contributed by atoms with Crippen LogP contribution in [-0.2, 0) is 11.2 Å². The third-order valence-corrected chi connectivity index (χ3v) is 5.96. The van der Waals surface area contributed by atoms with E-state index in [-0.39, 0.29) is 30.9 Å². The van der Waals surface area contributed by atoms with Gasteiger partial charge >= 0.3 is 12.1 Å². The van der Waals surface area contributed by atoms with Crippen LogP contribution in [0.1, 0.15) is 30.3 Å². The molecule has 1 aromatic heterocycles. The van der Waals surface area contributed by atoms with Crippen LogP contribution in [0.4, 0.5) is 22.7 Å². The van der Waals surface area contributed by atoms with E-state index < -0.39 is 23.9 Å². The Bertz CT molecular complexity index is 893. The summed E-state index contributed by atoms with van der Waals surface area (Å²) in [5.41, 5.74) is 0.768. The van der Waals surface area contributed by atoms with Gasteiger partial charge < -0.3 is 14.4 Å². The van der Waals surface area contributed by atoms with Gasteiger partial charge in [-0.25, -0.2) is 4.98 Å². The molecule has 1 fully saturated rings. The molecule has 30 heavy (non-hydrogen) atoms. The summed E-state index contributed by atoms with van der Waals surface area (Å²) in [6.07, 6.45) is -3.59. The van der Waals surface area contributed by atoms with Crippen LogP contribution in [-0.4, -0.2) is 36.8 Å². The average Bonchev–Trinajstić information content (AvgIpc) is 3.04. The van der Waals surface area contributed by atoms with Gasteiger partial charge in [0.1, 0.15) is 0 Å². The van der Waals surface area contributed by atoms with Gasteiger partial charge in [-0.05, 0) is 31.9 Å². The quantitative estimate of drug-likeness (QED) is 0.358. The van der Waals surface area contributed by atoms with Crippen molar-refractivity contribution in [3.63, 3.8) is 0 Å². The number of carbonyl (C=O) groups excluding carboxylic acids is 1. The Balaban J connectivity index is 1.57. The fourth-order valence-electron chi connectivity index (χ4n) is 3.27. The largest absolute Gasteiger partial charge is 0.490 e. The number of anilines is 1. The Hall–Kier alpha value is -2.36. The lowest BCUT2D eigenvalue weighted by Gasteiger charge is -2.32. The van der Waals surface area contributed by atoms with Gasteiger partial charge in [-0.2, -0.15) is 17.6 Å². The van der Waals surface area contributed by atoms with E-state index in [9.17, 15) is 22.4 Å². The molecule has 0 spiro atoms. The number of nitrogens with zero attached hydrogens (tertiary/aromatic N) is 2. The first-order valence-electron chi connectivity index (χ1n) is 9.53. The summed E-state index contributed by atoms with van der Waals surface area (Å²) in [5, 5.41) is 0.700. The SMILES string of the molecule is CC(=O)Oc1cccc(OCCc2nc(N3CCC(C(F)(F)F)CC3)sc2C)c1F. The van der Waals surface area contributed by atoms with Crippen LogP contribution in [0.5, 0.6) is 11.5 Å². The monoisotopic (exact) mass is 446 g/mol. The molecule has 0 atom stereocenters. The third-order valence-electron chi connectivity index (χ3n) is 4.89. The molecule has 3 rings (SSSR count). The molecule has 0 radical (unpaired) electrons. The first-order chi connectivity index (χ1) is 14.1. The van der Waals surface area contributed by atoms with E-state index in [2.05, 4.69) is 4.98 Å². The minimum absolute atomic E-state index is 0.0314. The number of aryl methyl sites for hydroxylation is 1. The van der Waals surface area contributed by atoms with Crippen molar-refractivity contribution in [2.24, 2.45) is 5.92 Å². The summed E-state index contributed by atoms with van der Waals surface area (Å²) in [6, 6.07) is 4.29. The molecule has 0 unspecified atom stereocenters. The molecular weight excluding hydrogens is 424 g/mol. The van der Waals surface area contributed by atoms with Crippen LogP contribution in [0, 0.1) is 18.7 Å². The lowest BCUT2D eigenvalue weighted by atomic mass is 9.97. The number of ether oxygens (including phenoxy) is 2. The van der Waals surface area contributed by atoms with E-state index in [1.54, 1.807) is 0 Å². The Kier molecular flexibility index (Phi) is 6.84. The number of carbonyl (C=O) groups is 1. The zero-order chi connectivity index (χ0) is 21.9. The Morgan fingerprint density at radius 1 is 1.27 bits per heavy atom. The smallest absolute Gasteiger partial charge is 0.391 e. The molecule has 1 aliphatic rings. The summed E-state index contributed by atoms with van der Waals surface area (Å²) in [6.45, 7) is 3.87. The molecule has 0 aliphatic carbocycles. The minimum atomic E-state index is -4.14. The molecule has 0 N–H and O–H groups in total. The van der Waals surface area contributed by atoms with Crippen molar-refractivity contribution in [2.45, 2.75) is 39.3 Å². The third kappa shape index (κ3) is 5.41. The molecule has 10 heteroatoms. The number of benzene rings is 1. The highest BCUT2D eigenvalue weighted by Gasteiger charge is 2.41. The first-order valence-corrected chi connectivity index (χ1v) is 10.3. The fourth-order valence-corrected chi connectivity index (χ4v) is 4.28. The molecule has 1 aromatic carbocycles. The molecule has 1 aliphatic heterocycles. The van der Waals surface area contributed by atoms with Crippen molar-refractivity contribution in [1.29, 1.82) is 0 Å². The zero-order valence-electron chi connectivity index (χ0n) is 16.6. The number of alkyl halides is 3. The van der Waals surface area contributed by atoms with Crippen molar-refractivity contribution in [1.82, 2.24) is 4.98 Å². The number of esters is 1. The fraction of sp³-hybridized carbons (Fsp3) is 0.500. The molecule has 0 amide bonds. The van der Waals surface area contributed by atoms with Crippen molar-refractivity contribution in [3.8, 4) is 11.5 Å². The van der Waals surface area contributed by atoms with Crippen molar-refractivity contribution < 1.29 is 31.8 Å². The normalized spacial score (nSPS) is 15.3. The van der Waals surface area contributed by atoms with Gasteiger partial charge in [-0.1, -0.05) is 6.07 Å². The topological polar surface area (TPSA) is 51.7 Å². The van der Waals surface area contributed by atoms with Gasteiger partial charge in [0.05, 0.1) is 18.2 Å². The van der Waals surface area contributed by atoms with E-state index in [0.717, 1.165) is 10.6 Å². The van der Waals surface area contributed by atoms with Crippen molar-refractivity contribution >= 4 is 22.4 Å². The maximum absolute atomic E-state index is 14.3. The molecule has 1 saturated heterocycles. The van der Waals surface area contributed by atoms with Gasteiger partial charge in [-0.15, -0.1) is 11.3 Å². The van der Waals surface area contributed by atoms with Crippen LogP contribution in [0.15, 0.2) is 18.2 Å². The van der Waals surface area contributed by atoms with Crippen LogP contribution >= 0.6 is 11.3 Å². The summed E-state index contributed by atoms with van der Waals surface area (Å²) in [5.74, 6) is -2.86. The van der Waals surface area contributed by atoms with E-state index in [1.165, 1.54) is 36.5 Å². The number of thiazole rings is 1. The zero-order valence-corrected chi connectivity index (χ0v) is 17.4. The molecule has 2 aromatic rings. The Labute approximate surface area is 175 Å². The number of aromatic nitrogens is 1. The first kappa shape index (κ1) is 22.3. The van der Waals surface area contributed by atoms with Crippen molar-refractivity contribution in [3.05, 3.63) is 34.6 Å². The number of hydrogen-bond acceptors (Lipinski definition) is 6. The summed E-state index contributed by atoms with van der Waals surface area (Å²) in [4.78, 5) is 18.4. The van der Waals surface area contributed by atoms with Crippen LogP contribution in [0.2, 0.25) is 0 Å². The average molecular weight is 446 g/mol. The summed E-state index contributed by atoms with van der Waals surface area (Å²) in [7, 11) is 0. The van der Waals surface area contributed by atoms with Gasteiger partial charge in [0.2, 0.25) is 5.82 Å². The van der Waals surface area contributed by atoms with E-state index in [0.29, 0.717) is 24.6 Å². The summed E-state index contributed by atoms with van der Waals surface area (Å²) < 4.78 is 63.1. The maximum Gasteiger partial charge on any atom is 0.391 e. The highest BCUT2D eigenvalue weighted by atomic mass is 32.1. The molecule has 164 valence electrons. The number of rotatable bonds is 6. The van der Waals surface area contributed by atoms with Gasteiger partial charge in [0, 0.05) is 31.3 Å².